The highest BCUT2D eigenvalue weighted by Crippen LogP contribution is 2.50. The molecule has 3 nitrogen and oxygen atoms in total. The average molecular weight is 143 g/mol. The van der Waals surface area contributed by atoms with Crippen LogP contribution in [0.3, 0.4) is 0 Å². The summed E-state index contributed by atoms with van der Waals surface area (Å²) in [7, 11) is 0. The van der Waals surface area contributed by atoms with Crippen LogP contribution in [-0.2, 0) is 4.79 Å². The topological polar surface area (TPSA) is 63.3 Å². The summed E-state index contributed by atoms with van der Waals surface area (Å²) in [4.78, 5) is 10.4. The van der Waals surface area contributed by atoms with Gasteiger partial charge in [-0.05, 0) is 24.7 Å². The molecule has 3 N–H and O–H groups in total. The Labute approximate surface area is 60.2 Å². The molecular weight excluding hydrogens is 130 g/mol. The molecule has 1 unspecified atom stereocenters. The van der Waals surface area contributed by atoms with Crippen LogP contribution in [0.2, 0.25) is 0 Å². The van der Waals surface area contributed by atoms with Crippen LogP contribution in [0.15, 0.2) is 0 Å². The zero-order chi connectivity index (χ0) is 7.78. The Balaban J connectivity index is 2.55. The van der Waals surface area contributed by atoms with Crippen molar-refractivity contribution in [2.75, 3.05) is 0 Å². The molecule has 1 atom stereocenters. The van der Waals surface area contributed by atoms with E-state index in [0.29, 0.717) is 0 Å². The number of carbonyl (C=O) groups is 1. The van der Waals surface area contributed by atoms with E-state index in [1.165, 1.54) is 0 Å². The van der Waals surface area contributed by atoms with Crippen LogP contribution in [-0.4, -0.2) is 17.1 Å². The first-order valence-corrected chi connectivity index (χ1v) is 3.61. The van der Waals surface area contributed by atoms with E-state index in [1.807, 2.05) is 6.92 Å². The predicted molar refractivity (Wildman–Crippen MR) is 37.6 cm³/mol. The average Bonchev–Trinajstić information content (AvgIpc) is 2.66. The molecule has 1 saturated carbocycles. The number of hydrogen-bond donors (Lipinski definition) is 2. The van der Waals surface area contributed by atoms with Crippen LogP contribution >= 0.6 is 0 Å². The van der Waals surface area contributed by atoms with E-state index in [4.69, 9.17) is 10.8 Å². The Morgan fingerprint density at radius 2 is 2.30 bits per heavy atom. The van der Waals surface area contributed by atoms with Gasteiger partial charge >= 0.3 is 5.97 Å². The number of rotatable bonds is 3. The molecule has 0 aromatic rings. The maximum Gasteiger partial charge on any atom is 0.321 e. The number of aliphatic carboxylic acids is 1. The molecule has 1 aliphatic rings. The lowest BCUT2D eigenvalue weighted by Gasteiger charge is -2.16. The molecule has 3 heteroatoms. The number of nitrogens with two attached hydrogens (primary N) is 1. The zero-order valence-electron chi connectivity index (χ0n) is 6.13. The van der Waals surface area contributed by atoms with Crippen molar-refractivity contribution >= 4 is 5.97 Å². The number of carboxylic acid groups (broad SMARTS) is 1. The van der Waals surface area contributed by atoms with E-state index in [1.54, 1.807) is 0 Å². The molecule has 1 aliphatic carbocycles. The normalized spacial score (nSPS) is 23.8. The van der Waals surface area contributed by atoms with Gasteiger partial charge < -0.3 is 10.8 Å². The van der Waals surface area contributed by atoms with Crippen LogP contribution in [0.4, 0.5) is 0 Å². The third-order valence-electron chi connectivity index (χ3n) is 2.52. The fourth-order valence-electron chi connectivity index (χ4n) is 1.31. The fraction of sp³-hybridized carbons (Fsp3) is 0.857. The van der Waals surface area contributed by atoms with Crippen molar-refractivity contribution in [2.45, 2.75) is 32.2 Å². The van der Waals surface area contributed by atoms with Gasteiger partial charge in [0.25, 0.3) is 0 Å². The Kier molecular flexibility index (Phi) is 1.68. The highest BCUT2D eigenvalue weighted by Gasteiger charge is 2.49. The van der Waals surface area contributed by atoms with Crippen LogP contribution < -0.4 is 5.73 Å². The smallest absolute Gasteiger partial charge is 0.321 e. The van der Waals surface area contributed by atoms with E-state index in [0.717, 1.165) is 19.3 Å². The molecule has 0 radical (unpaired) electrons. The van der Waals surface area contributed by atoms with Gasteiger partial charge in [0, 0.05) is 0 Å². The highest BCUT2D eigenvalue weighted by molar-refractivity contribution is 5.74. The van der Waals surface area contributed by atoms with Gasteiger partial charge in [0.15, 0.2) is 0 Å². The van der Waals surface area contributed by atoms with Gasteiger partial charge in [0.1, 0.15) is 6.04 Å². The van der Waals surface area contributed by atoms with E-state index in [2.05, 4.69) is 0 Å². The van der Waals surface area contributed by atoms with E-state index >= 15 is 0 Å². The summed E-state index contributed by atoms with van der Waals surface area (Å²) in [5.41, 5.74) is 5.42. The van der Waals surface area contributed by atoms with E-state index in [9.17, 15) is 4.79 Å². The molecule has 0 amide bonds. The molecule has 0 spiro atoms. The van der Waals surface area contributed by atoms with Crippen molar-refractivity contribution in [2.24, 2.45) is 11.1 Å². The van der Waals surface area contributed by atoms with Gasteiger partial charge in [-0.15, -0.1) is 0 Å². The predicted octanol–water partition coefficient (Wildman–Crippen LogP) is 0.588. The van der Waals surface area contributed by atoms with Gasteiger partial charge in [0.05, 0.1) is 0 Å². The quantitative estimate of drug-likeness (QED) is 0.607. The van der Waals surface area contributed by atoms with Crippen molar-refractivity contribution in [3.8, 4) is 0 Å². The maximum absolute atomic E-state index is 10.4. The van der Waals surface area contributed by atoms with Crippen LogP contribution in [0.1, 0.15) is 26.2 Å². The summed E-state index contributed by atoms with van der Waals surface area (Å²) >= 11 is 0. The minimum absolute atomic E-state index is 0.0498. The molecule has 0 saturated heterocycles. The zero-order valence-corrected chi connectivity index (χ0v) is 6.13. The monoisotopic (exact) mass is 143 g/mol. The standard InChI is InChI=1S/C7H13NO2/c1-2-7(3-4-7)5(8)6(9)10/h5H,2-4,8H2,1H3,(H,9,10). The third kappa shape index (κ3) is 1.01. The summed E-state index contributed by atoms with van der Waals surface area (Å²) in [6, 6.07) is -0.641. The Bertz CT molecular complexity index is 152. The third-order valence-corrected chi connectivity index (χ3v) is 2.52. The van der Waals surface area contributed by atoms with Crippen LogP contribution in [0.25, 0.3) is 0 Å². The Morgan fingerprint density at radius 3 is 2.40 bits per heavy atom. The Hall–Kier alpha value is -0.570. The second-order valence-corrected chi connectivity index (χ2v) is 3.03. The SMILES string of the molecule is CCC1(C(N)C(=O)O)CC1. The summed E-state index contributed by atoms with van der Waals surface area (Å²) < 4.78 is 0. The van der Waals surface area contributed by atoms with Crippen molar-refractivity contribution in [1.29, 1.82) is 0 Å². The number of carboxylic acids is 1. The largest absolute Gasteiger partial charge is 0.480 e. The molecule has 0 aromatic carbocycles. The van der Waals surface area contributed by atoms with Crippen molar-refractivity contribution in [1.82, 2.24) is 0 Å². The lowest BCUT2D eigenvalue weighted by molar-refractivity contribution is -0.140. The van der Waals surface area contributed by atoms with Gasteiger partial charge in [-0.25, -0.2) is 0 Å². The van der Waals surface area contributed by atoms with Gasteiger partial charge in [-0.1, -0.05) is 6.92 Å². The van der Waals surface area contributed by atoms with Gasteiger partial charge in [0.2, 0.25) is 0 Å². The van der Waals surface area contributed by atoms with Gasteiger partial charge in [-0.2, -0.15) is 0 Å². The van der Waals surface area contributed by atoms with Crippen LogP contribution in [0, 0.1) is 5.41 Å². The minimum Gasteiger partial charge on any atom is -0.480 e. The summed E-state index contributed by atoms with van der Waals surface area (Å²) in [5, 5.41) is 8.56. The van der Waals surface area contributed by atoms with Crippen molar-refractivity contribution in [3.05, 3.63) is 0 Å². The maximum atomic E-state index is 10.4. The van der Waals surface area contributed by atoms with Crippen molar-refractivity contribution < 1.29 is 9.90 Å². The first-order valence-electron chi connectivity index (χ1n) is 3.61. The number of hydrogen-bond acceptors (Lipinski definition) is 2. The molecule has 58 valence electrons. The first-order chi connectivity index (χ1) is 4.62. The molecule has 1 fully saturated rings. The summed E-state index contributed by atoms with van der Waals surface area (Å²) in [6.45, 7) is 2.00. The molecule has 1 rings (SSSR count). The second kappa shape index (κ2) is 2.23. The van der Waals surface area contributed by atoms with Crippen LogP contribution in [0.5, 0.6) is 0 Å². The van der Waals surface area contributed by atoms with E-state index in [-0.39, 0.29) is 5.41 Å². The molecule has 0 heterocycles. The molecule has 10 heavy (non-hydrogen) atoms. The molecule has 0 aliphatic heterocycles. The lowest BCUT2D eigenvalue weighted by Crippen LogP contribution is -2.39. The van der Waals surface area contributed by atoms with Gasteiger partial charge in [-0.3, -0.25) is 4.79 Å². The minimum atomic E-state index is -0.862. The highest BCUT2D eigenvalue weighted by atomic mass is 16.4. The Morgan fingerprint density at radius 1 is 1.80 bits per heavy atom. The fourth-order valence-corrected chi connectivity index (χ4v) is 1.31. The molecule has 0 bridgehead atoms. The molecule has 0 aromatic heterocycles. The lowest BCUT2D eigenvalue weighted by atomic mass is 9.94. The van der Waals surface area contributed by atoms with E-state index < -0.39 is 12.0 Å². The summed E-state index contributed by atoms with van der Waals surface area (Å²) in [5.74, 6) is -0.862. The molecular formula is C7H13NO2. The summed E-state index contributed by atoms with van der Waals surface area (Å²) in [6.07, 6.45) is 2.86. The second-order valence-electron chi connectivity index (χ2n) is 3.03. The van der Waals surface area contributed by atoms with Crippen molar-refractivity contribution in [3.63, 3.8) is 0 Å². The first kappa shape index (κ1) is 7.54.